The average Bonchev–Trinajstić information content (AvgIpc) is 2.28. The van der Waals surface area contributed by atoms with Crippen molar-refractivity contribution in [2.24, 2.45) is 0 Å². The molecule has 0 aromatic heterocycles. The molecule has 3 N–H and O–H groups in total. The Morgan fingerprint density at radius 3 is 2.53 bits per heavy atom. The van der Waals surface area contributed by atoms with Crippen LogP contribution in [0.15, 0.2) is 11.6 Å². The number of carboxylic acids is 1. The van der Waals surface area contributed by atoms with E-state index in [0.29, 0.717) is 12.0 Å². The van der Waals surface area contributed by atoms with Crippen LogP contribution in [0.1, 0.15) is 26.2 Å². The fourth-order valence-corrected chi connectivity index (χ4v) is 2.73. The highest BCUT2D eigenvalue weighted by Gasteiger charge is 2.33. The molecule has 0 radical (unpaired) electrons. The van der Waals surface area contributed by atoms with Gasteiger partial charge in [-0.3, -0.25) is 9.36 Å². The number of carbonyl (C=O) groups is 1. The van der Waals surface area contributed by atoms with Crippen LogP contribution >= 0.6 is 15.0 Å². The van der Waals surface area contributed by atoms with E-state index in [4.69, 9.17) is 15.3 Å². The first kappa shape index (κ1) is 18.5. The summed E-state index contributed by atoms with van der Waals surface area (Å²) in [6, 6.07) is 0. The van der Waals surface area contributed by atoms with Gasteiger partial charge in [-0.1, -0.05) is 23.6 Å². The summed E-state index contributed by atoms with van der Waals surface area (Å²) in [4.78, 5) is 19.3. The SMILES string of the molecule is CC/C=C(/CCOP(=O)(OOO)[PH](=O)O)CC(=O)O. The van der Waals surface area contributed by atoms with Crippen LogP contribution in [-0.2, 0) is 28.2 Å². The van der Waals surface area contributed by atoms with Gasteiger partial charge >= 0.3 is 21.0 Å². The van der Waals surface area contributed by atoms with Crippen LogP contribution in [0.2, 0.25) is 0 Å². The molecule has 19 heavy (non-hydrogen) atoms. The molecule has 0 saturated carbocycles. The second kappa shape index (κ2) is 9.39. The lowest BCUT2D eigenvalue weighted by molar-refractivity contribution is -0.441. The lowest BCUT2D eigenvalue weighted by Crippen LogP contribution is -2.01. The molecule has 0 aromatic rings. The van der Waals surface area contributed by atoms with Gasteiger partial charge in [0.1, 0.15) is 0 Å². The predicted octanol–water partition coefficient (Wildman–Crippen LogP) is 2.20. The zero-order valence-corrected chi connectivity index (χ0v) is 12.0. The van der Waals surface area contributed by atoms with Crippen molar-refractivity contribution >= 4 is 21.0 Å². The largest absolute Gasteiger partial charge is 0.481 e. The topological polar surface area (TPSA) is 140 Å². The molecular formula is C8H16O9P2. The van der Waals surface area contributed by atoms with Crippen molar-refractivity contribution < 1.29 is 43.4 Å². The molecule has 9 nitrogen and oxygen atoms in total. The lowest BCUT2D eigenvalue weighted by atomic mass is 10.1. The molecule has 0 saturated heterocycles. The van der Waals surface area contributed by atoms with E-state index in [1.165, 1.54) is 0 Å². The maximum atomic E-state index is 11.5. The number of carboxylic acid groups (broad SMARTS) is 1. The second-order valence-electron chi connectivity index (χ2n) is 3.35. The standard InChI is InChI=1S/C8H16O9P2/c1-2-3-7(6-8(9)10)4-5-15-19(14,17-16-11)18(12)13/h3,11,18H,2,4-6H2,1H3,(H,9,10)(H,12,13)/b7-3-. The van der Waals surface area contributed by atoms with Crippen LogP contribution in [0.3, 0.4) is 0 Å². The number of aliphatic carboxylic acids is 1. The third kappa shape index (κ3) is 7.59. The van der Waals surface area contributed by atoms with Gasteiger partial charge < -0.3 is 14.5 Å². The molecule has 0 heterocycles. The van der Waals surface area contributed by atoms with Crippen molar-refractivity contribution in [3.05, 3.63) is 11.6 Å². The highest BCUT2D eigenvalue weighted by Crippen LogP contribution is 2.68. The van der Waals surface area contributed by atoms with Crippen molar-refractivity contribution in [1.29, 1.82) is 0 Å². The summed E-state index contributed by atoms with van der Waals surface area (Å²) < 4.78 is 30.6. The zero-order chi connectivity index (χ0) is 14.9. The molecule has 0 aliphatic carbocycles. The van der Waals surface area contributed by atoms with Crippen molar-refractivity contribution in [1.82, 2.24) is 0 Å². The summed E-state index contributed by atoms with van der Waals surface area (Å²) in [5.74, 6) is -1.03. The number of hydrogen-bond donors (Lipinski definition) is 3. The lowest BCUT2D eigenvalue weighted by Gasteiger charge is -2.12. The Morgan fingerprint density at radius 1 is 1.47 bits per heavy atom. The maximum Gasteiger partial charge on any atom is 0.438 e. The van der Waals surface area contributed by atoms with E-state index >= 15 is 0 Å². The molecule has 0 aromatic carbocycles. The fraction of sp³-hybridized carbons (Fsp3) is 0.625. The summed E-state index contributed by atoms with van der Waals surface area (Å²) in [5, 5.41) is 19.7. The quantitative estimate of drug-likeness (QED) is 0.239. The Balaban J connectivity index is 4.45. The summed E-state index contributed by atoms with van der Waals surface area (Å²) in [5.41, 5.74) is 0.518. The number of allylic oxidation sites excluding steroid dienone is 1. The first-order valence-electron chi connectivity index (χ1n) is 5.23. The maximum absolute atomic E-state index is 11.5. The Kier molecular flexibility index (Phi) is 9.12. The molecule has 2 atom stereocenters. The highest BCUT2D eigenvalue weighted by molar-refractivity contribution is 8.20. The summed E-state index contributed by atoms with van der Waals surface area (Å²) in [6.07, 6.45) is 2.14. The van der Waals surface area contributed by atoms with E-state index in [1.807, 2.05) is 6.92 Å². The fourth-order valence-electron chi connectivity index (χ4n) is 1.19. The zero-order valence-electron chi connectivity index (χ0n) is 10.1. The molecular weight excluding hydrogens is 302 g/mol. The second-order valence-corrected chi connectivity index (χ2v) is 8.11. The van der Waals surface area contributed by atoms with Crippen LogP contribution in [0.5, 0.6) is 0 Å². The first-order valence-corrected chi connectivity index (χ1v) is 8.97. The van der Waals surface area contributed by atoms with Crippen LogP contribution in [-0.4, -0.2) is 27.8 Å². The van der Waals surface area contributed by atoms with Crippen molar-refractivity contribution in [3.63, 3.8) is 0 Å². The molecule has 0 fully saturated rings. The van der Waals surface area contributed by atoms with Gasteiger partial charge in [0.25, 0.3) is 0 Å². The van der Waals surface area contributed by atoms with E-state index in [-0.39, 0.29) is 19.4 Å². The Morgan fingerprint density at radius 2 is 2.11 bits per heavy atom. The summed E-state index contributed by atoms with van der Waals surface area (Å²) in [6.45, 7) is 1.50. The van der Waals surface area contributed by atoms with Crippen molar-refractivity contribution in [2.45, 2.75) is 26.2 Å². The average molecular weight is 318 g/mol. The minimum Gasteiger partial charge on any atom is -0.481 e. The van der Waals surface area contributed by atoms with E-state index in [0.717, 1.165) is 0 Å². The molecule has 0 bridgehead atoms. The third-order valence-electron chi connectivity index (χ3n) is 1.92. The van der Waals surface area contributed by atoms with Gasteiger partial charge in [-0.25, -0.2) is 9.82 Å². The molecule has 0 amide bonds. The Bertz CT molecular complexity index is 392. The monoisotopic (exact) mass is 318 g/mol. The van der Waals surface area contributed by atoms with E-state index in [2.05, 4.69) is 14.2 Å². The molecule has 2 unspecified atom stereocenters. The van der Waals surface area contributed by atoms with E-state index < -0.39 is 21.0 Å². The van der Waals surface area contributed by atoms with Gasteiger partial charge in [-0.2, -0.15) is 0 Å². The minimum atomic E-state index is -4.45. The first-order chi connectivity index (χ1) is 8.85. The number of hydrogen-bond acceptors (Lipinski definition) is 7. The Hall–Kier alpha value is -0.530. The molecule has 11 heteroatoms. The normalized spacial score (nSPS) is 16.9. The van der Waals surface area contributed by atoms with Gasteiger partial charge in [-0.05, 0) is 12.8 Å². The van der Waals surface area contributed by atoms with Gasteiger partial charge in [0.2, 0.25) is 0 Å². The van der Waals surface area contributed by atoms with Gasteiger partial charge in [0, 0.05) is 0 Å². The third-order valence-corrected chi connectivity index (χ3v) is 5.19. The van der Waals surface area contributed by atoms with Gasteiger partial charge in [0.15, 0.2) is 0 Å². The number of rotatable bonds is 10. The van der Waals surface area contributed by atoms with Crippen LogP contribution in [0.4, 0.5) is 0 Å². The van der Waals surface area contributed by atoms with Gasteiger partial charge in [0.05, 0.1) is 13.0 Å². The predicted molar refractivity (Wildman–Crippen MR) is 64.8 cm³/mol. The van der Waals surface area contributed by atoms with E-state index in [1.54, 1.807) is 6.08 Å². The van der Waals surface area contributed by atoms with Crippen LogP contribution in [0, 0.1) is 0 Å². The molecule has 112 valence electrons. The smallest absolute Gasteiger partial charge is 0.438 e. The Labute approximate surface area is 109 Å². The molecule has 0 aliphatic heterocycles. The minimum absolute atomic E-state index is 0.0913. The molecule has 0 spiro atoms. The van der Waals surface area contributed by atoms with Crippen molar-refractivity contribution in [2.75, 3.05) is 6.61 Å². The van der Waals surface area contributed by atoms with Crippen LogP contribution in [0.25, 0.3) is 0 Å². The highest BCUT2D eigenvalue weighted by atomic mass is 32.1. The van der Waals surface area contributed by atoms with E-state index in [9.17, 15) is 13.9 Å². The molecule has 0 rings (SSSR count). The van der Waals surface area contributed by atoms with Crippen LogP contribution < -0.4 is 0 Å². The van der Waals surface area contributed by atoms with Crippen molar-refractivity contribution in [3.8, 4) is 0 Å². The molecule has 0 aliphatic rings. The van der Waals surface area contributed by atoms with Gasteiger partial charge in [-0.15, -0.1) is 4.67 Å². The summed E-state index contributed by atoms with van der Waals surface area (Å²) in [7, 11) is -8.17. The summed E-state index contributed by atoms with van der Waals surface area (Å²) >= 11 is 0.